The molecule has 7 heteroatoms. The summed E-state index contributed by atoms with van der Waals surface area (Å²) in [6.45, 7) is 6.89. The molecule has 3 heterocycles. The molecule has 0 radical (unpaired) electrons. The van der Waals surface area contributed by atoms with Gasteiger partial charge in [0, 0.05) is 39.6 Å². The van der Waals surface area contributed by atoms with Gasteiger partial charge in [-0.1, -0.05) is 11.6 Å². The van der Waals surface area contributed by atoms with Gasteiger partial charge in [0.15, 0.2) is 5.69 Å². The van der Waals surface area contributed by atoms with Crippen LogP contribution in [0.3, 0.4) is 0 Å². The summed E-state index contributed by atoms with van der Waals surface area (Å²) >= 11 is 6.25. The van der Waals surface area contributed by atoms with Crippen molar-refractivity contribution in [1.29, 1.82) is 0 Å². The van der Waals surface area contributed by atoms with Crippen LogP contribution in [0.2, 0.25) is 5.02 Å². The number of rotatable bonds is 2. The van der Waals surface area contributed by atoms with Crippen molar-refractivity contribution in [2.75, 3.05) is 26.2 Å². The molecule has 3 rings (SSSR count). The Hall–Kier alpha value is -1.56. The predicted octanol–water partition coefficient (Wildman–Crippen LogP) is 2.25. The highest BCUT2D eigenvalue weighted by Gasteiger charge is 2.41. The van der Waals surface area contributed by atoms with Gasteiger partial charge in [-0.05, 0) is 38.5 Å². The molecule has 1 spiro atoms. The van der Waals surface area contributed by atoms with Crippen LogP contribution in [0, 0.1) is 12.3 Å². The number of piperidine rings is 2. The second kappa shape index (κ2) is 6.39. The molecule has 0 unspecified atom stereocenters. The maximum atomic E-state index is 12.7. The van der Waals surface area contributed by atoms with Gasteiger partial charge >= 0.3 is 0 Å². The Morgan fingerprint density at radius 2 is 1.96 bits per heavy atom. The number of hydrogen-bond acceptors (Lipinski definition) is 3. The molecule has 0 atom stereocenters. The fraction of sp³-hybridized carbons (Fsp3) is 0.706. The molecule has 2 amide bonds. The number of carbonyl (C=O) groups is 2. The lowest BCUT2D eigenvalue weighted by molar-refractivity contribution is -0.138. The monoisotopic (exact) mass is 352 g/mol. The zero-order chi connectivity index (χ0) is 17.5. The zero-order valence-electron chi connectivity index (χ0n) is 14.6. The molecule has 24 heavy (non-hydrogen) atoms. The summed E-state index contributed by atoms with van der Waals surface area (Å²) in [6, 6.07) is 0. The highest BCUT2D eigenvalue weighted by Crippen LogP contribution is 2.40. The highest BCUT2D eigenvalue weighted by atomic mass is 35.5. The van der Waals surface area contributed by atoms with E-state index in [1.165, 1.54) is 0 Å². The van der Waals surface area contributed by atoms with E-state index in [1.807, 2.05) is 23.6 Å². The average Bonchev–Trinajstić information content (AvgIpc) is 2.85. The van der Waals surface area contributed by atoms with Gasteiger partial charge in [-0.15, -0.1) is 0 Å². The molecule has 0 saturated carbocycles. The molecule has 2 saturated heterocycles. The number of aromatic nitrogens is 2. The molecule has 1 aromatic heterocycles. The van der Waals surface area contributed by atoms with Crippen molar-refractivity contribution >= 4 is 23.4 Å². The number of amides is 2. The quantitative estimate of drug-likeness (QED) is 0.820. The predicted molar refractivity (Wildman–Crippen MR) is 92.0 cm³/mol. The minimum atomic E-state index is -0.0854. The molecule has 1 aromatic rings. The summed E-state index contributed by atoms with van der Waals surface area (Å²) < 4.78 is 1.65. The van der Waals surface area contributed by atoms with Crippen molar-refractivity contribution in [2.24, 2.45) is 12.5 Å². The Labute approximate surface area is 147 Å². The standard InChI is InChI=1S/C17H25ClN4O2/c1-4-21-11-17(6-5-13(21)23)7-9-22(10-8-17)16(24)15-14(18)12(2)20(3)19-15/h4-11H2,1-3H3. The van der Waals surface area contributed by atoms with Crippen LogP contribution in [0.4, 0.5) is 0 Å². The maximum absolute atomic E-state index is 12.7. The third kappa shape index (κ3) is 2.92. The molecule has 0 N–H and O–H groups in total. The summed E-state index contributed by atoms with van der Waals surface area (Å²) in [7, 11) is 1.79. The number of carbonyl (C=O) groups excluding carboxylic acids is 2. The van der Waals surface area contributed by atoms with Crippen LogP contribution in [-0.4, -0.2) is 57.6 Å². The van der Waals surface area contributed by atoms with E-state index in [0.717, 1.165) is 38.0 Å². The molecular formula is C17H25ClN4O2. The van der Waals surface area contributed by atoms with E-state index in [-0.39, 0.29) is 17.2 Å². The molecule has 2 aliphatic heterocycles. The fourth-order valence-electron chi connectivity index (χ4n) is 3.85. The Morgan fingerprint density at radius 1 is 1.29 bits per heavy atom. The third-order valence-corrected chi connectivity index (χ3v) is 6.16. The van der Waals surface area contributed by atoms with E-state index >= 15 is 0 Å². The molecule has 0 aliphatic carbocycles. The van der Waals surface area contributed by atoms with Crippen LogP contribution in [0.5, 0.6) is 0 Å². The third-order valence-electron chi connectivity index (χ3n) is 5.70. The van der Waals surface area contributed by atoms with E-state index in [9.17, 15) is 9.59 Å². The van der Waals surface area contributed by atoms with Gasteiger partial charge in [0.05, 0.1) is 10.7 Å². The molecule has 132 valence electrons. The number of nitrogens with zero attached hydrogens (tertiary/aromatic N) is 4. The molecule has 2 fully saturated rings. The van der Waals surface area contributed by atoms with Gasteiger partial charge in [-0.2, -0.15) is 5.10 Å². The largest absolute Gasteiger partial charge is 0.342 e. The second-order valence-electron chi connectivity index (χ2n) is 7.07. The van der Waals surface area contributed by atoms with E-state index in [0.29, 0.717) is 30.2 Å². The summed E-state index contributed by atoms with van der Waals surface area (Å²) in [5, 5.41) is 4.71. The SMILES string of the molecule is CCN1CC2(CCC1=O)CCN(C(=O)c1nn(C)c(C)c1Cl)CC2. The Bertz CT molecular complexity index is 662. The van der Waals surface area contributed by atoms with Gasteiger partial charge in [0.2, 0.25) is 5.91 Å². The number of likely N-dealkylation sites (tertiary alicyclic amines) is 2. The van der Waals surface area contributed by atoms with Crippen molar-refractivity contribution in [3.05, 3.63) is 16.4 Å². The van der Waals surface area contributed by atoms with Crippen LogP contribution in [0.25, 0.3) is 0 Å². The van der Waals surface area contributed by atoms with E-state index in [4.69, 9.17) is 11.6 Å². The lowest BCUT2D eigenvalue weighted by Crippen LogP contribution is -2.52. The van der Waals surface area contributed by atoms with Crippen LogP contribution < -0.4 is 0 Å². The van der Waals surface area contributed by atoms with Gasteiger partial charge < -0.3 is 9.80 Å². The topological polar surface area (TPSA) is 58.4 Å². The molecule has 0 bridgehead atoms. The molecule has 2 aliphatic rings. The minimum absolute atomic E-state index is 0.0854. The average molecular weight is 353 g/mol. The molecule has 0 aromatic carbocycles. The van der Waals surface area contributed by atoms with Crippen LogP contribution in [0.15, 0.2) is 0 Å². The number of halogens is 1. The summed E-state index contributed by atoms with van der Waals surface area (Å²) in [6.07, 6.45) is 3.44. The minimum Gasteiger partial charge on any atom is -0.342 e. The first-order chi connectivity index (χ1) is 11.4. The Kier molecular flexibility index (Phi) is 4.60. The highest BCUT2D eigenvalue weighted by molar-refractivity contribution is 6.34. The summed E-state index contributed by atoms with van der Waals surface area (Å²) in [5.41, 5.74) is 1.32. The second-order valence-corrected chi connectivity index (χ2v) is 7.45. The maximum Gasteiger partial charge on any atom is 0.275 e. The molecular weight excluding hydrogens is 328 g/mol. The van der Waals surface area contributed by atoms with Crippen molar-refractivity contribution in [3.8, 4) is 0 Å². The van der Waals surface area contributed by atoms with Gasteiger partial charge in [-0.3, -0.25) is 14.3 Å². The zero-order valence-corrected chi connectivity index (χ0v) is 15.4. The summed E-state index contributed by atoms with van der Waals surface area (Å²) in [4.78, 5) is 28.5. The van der Waals surface area contributed by atoms with E-state index in [2.05, 4.69) is 5.10 Å². The number of hydrogen-bond donors (Lipinski definition) is 0. The van der Waals surface area contributed by atoms with Gasteiger partial charge in [-0.25, -0.2) is 0 Å². The smallest absolute Gasteiger partial charge is 0.275 e. The number of aryl methyl sites for hydroxylation is 1. The van der Waals surface area contributed by atoms with Gasteiger partial charge in [0.1, 0.15) is 0 Å². The summed E-state index contributed by atoms with van der Waals surface area (Å²) in [5.74, 6) is 0.176. The molecule has 6 nitrogen and oxygen atoms in total. The van der Waals surface area contributed by atoms with Crippen LogP contribution >= 0.6 is 11.6 Å². The van der Waals surface area contributed by atoms with Crippen LogP contribution in [-0.2, 0) is 11.8 Å². The Morgan fingerprint density at radius 3 is 2.50 bits per heavy atom. The van der Waals surface area contributed by atoms with E-state index < -0.39 is 0 Å². The van der Waals surface area contributed by atoms with Crippen molar-refractivity contribution in [1.82, 2.24) is 19.6 Å². The first-order valence-electron chi connectivity index (χ1n) is 8.63. The Balaban J connectivity index is 1.67. The van der Waals surface area contributed by atoms with Crippen molar-refractivity contribution in [2.45, 2.75) is 39.5 Å². The fourth-order valence-corrected chi connectivity index (χ4v) is 4.09. The first-order valence-corrected chi connectivity index (χ1v) is 9.01. The normalized spacial score (nSPS) is 20.8. The van der Waals surface area contributed by atoms with Crippen molar-refractivity contribution in [3.63, 3.8) is 0 Å². The van der Waals surface area contributed by atoms with Crippen molar-refractivity contribution < 1.29 is 9.59 Å². The lowest BCUT2D eigenvalue weighted by atomic mass is 9.72. The van der Waals surface area contributed by atoms with Gasteiger partial charge in [0.25, 0.3) is 5.91 Å². The van der Waals surface area contributed by atoms with E-state index in [1.54, 1.807) is 11.7 Å². The first kappa shape index (κ1) is 17.3. The van der Waals surface area contributed by atoms with Crippen LogP contribution in [0.1, 0.15) is 48.8 Å². The lowest BCUT2D eigenvalue weighted by Gasteiger charge is -2.47.